The van der Waals surface area contributed by atoms with Gasteiger partial charge in [-0.15, -0.1) is 0 Å². The first-order valence-electron chi connectivity index (χ1n) is 4.25. The zero-order chi connectivity index (χ0) is 11.2. The van der Waals surface area contributed by atoms with Gasteiger partial charge < -0.3 is 5.32 Å². The van der Waals surface area contributed by atoms with E-state index in [1.807, 2.05) is 0 Å². The lowest BCUT2D eigenvalue weighted by molar-refractivity contribution is -0.127. The summed E-state index contributed by atoms with van der Waals surface area (Å²) < 4.78 is 21.4. The Kier molecular flexibility index (Phi) is 5.37. The van der Waals surface area contributed by atoms with E-state index in [0.717, 1.165) is 6.26 Å². The Hall–Kier alpha value is -0.910. The van der Waals surface area contributed by atoms with Gasteiger partial charge in [0.1, 0.15) is 15.6 Å². The van der Waals surface area contributed by atoms with Gasteiger partial charge in [0.25, 0.3) is 0 Å². The number of Topliss-reactive ketones (excluding diaryl/α,β-unsaturated/α-hetero) is 1. The number of hydrogen-bond donors (Lipinski definition) is 1. The molecule has 1 N–H and O–H groups in total. The summed E-state index contributed by atoms with van der Waals surface area (Å²) in [7, 11) is -2.96. The molecule has 0 aromatic rings. The van der Waals surface area contributed by atoms with E-state index in [9.17, 15) is 18.0 Å². The van der Waals surface area contributed by atoms with Crippen molar-refractivity contribution in [2.24, 2.45) is 0 Å². The van der Waals surface area contributed by atoms with Crippen molar-refractivity contribution in [1.82, 2.24) is 5.32 Å². The Morgan fingerprint density at radius 3 is 2.29 bits per heavy atom. The van der Waals surface area contributed by atoms with Crippen LogP contribution in [0, 0.1) is 0 Å². The summed E-state index contributed by atoms with van der Waals surface area (Å²) in [5.74, 6) is -0.510. The molecular weight excluding hydrogens is 206 g/mol. The summed E-state index contributed by atoms with van der Waals surface area (Å²) in [6.45, 7) is 1.62. The minimum atomic E-state index is -2.96. The second-order valence-corrected chi connectivity index (χ2v) is 5.47. The topological polar surface area (TPSA) is 80.3 Å². The quantitative estimate of drug-likeness (QED) is 0.485. The molecule has 0 aromatic heterocycles. The molecule has 0 spiro atoms. The highest BCUT2D eigenvalue weighted by atomic mass is 32.2. The monoisotopic (exact) mass is 221 g/mol. The SMILES string of the molecule is CC(=O)CC(=O)NCCCS(C)(=O)=O. The second-order valence-electron chi connectivity index (χ2n) is 3.21. The molecule has 82 valence electrons. The Bertz CT molecular complexity index is 307. The van der Waals surface area contributed by atoms with Gasteiger partial charge in [0.2, 0.25) is 5.91 Å². The highest BCUT2D eigenvalue weighted by Crippen LogP contribution is 1.88. The van der Waals surface area contributed by atoms with Gasteiger partial charge >= 0.3 is 0 Å². The van der Waals surface area contributed by atoms with Crippen LogP contribution in [-0.4, -0.2) is 38.7 Å². The van der Waals surface area contributed by atoms with Gasteiger partial charge in [-0.1, -0.05) is 0 Å². The van der Waals surface area contributed by atoms with Crippen LogP contribution in [0.3, 0.4) is 0 Å². The number of carbonyl (C=O) groups excluding carboxylic acids is 2. The number of hydrogen-bond acceptors (Lipinski definition) is 4. The molecule has 0 aliphatic heterocycles. The van der Waals surface area contributed by atoms with Crippen molar-refractivity contribution in [2.45, 2.75) is 19.8 Å². The van der Waals surface area contributed by atoms with E-state index in [4.69, 9.17) is 0 Å². The summed E-state index contributed by atoms with van der Waals surface area (Å²) in [6, 6.07) is 0. The minimum absolute atomic E-state index is 0.0490. The van der Waals surface area contributed by atoms with Crippen LogP contribution in [0.1, 0.15) is 19.8 Å². The first-order chi connectivity index (χ1) is 6.31. The van der Waals surface area contributed by atoms with Crippen molar-refractivity contribution in [1.29, 1.82) is 0 Å². The van der Waals surface area contributed by atoms with E-state index in [2.05, 4.69) is 5.32 Å². The molecule has 0 unspecified atom stereocenters. The van der Waals surface area contributed by atoms with Crippen molar-refractivity contribution in [3.63, 3.8) is 0 Å². The fourth-order valence-electron chi connectivity index (χ4n) is 0.851. The van der Waals surface area contributed by atoms with E-state index >= 15 is 0 Å². The molecule has 14 heavy (non-hydrogen) atoms. The standard InChI is InChI=1S/C8H15NO4S/c1-7(10)6-8(11)9-4-3-5-14(2,12)13/h3-6H2,1-2H3,(H,9,11). The molecule has 0 aliphatic carbocycles. The predicted molar refractivity (Wildman–Crippen MR) is 52.6 cm³/mol. The highest BCUT2D eigenvalue weighted by molar-refractivity contribution is 7.90. The molecule has 5 nitrogen and oxygen atoms in total. The number of rotatable bonds is 6. The van der Waals surface area contributed by atoms with Gasteiger partial charge in [0, 0.05) is 12.8 Å². The number of sulfone groups is 1. The normalized spacial score (nSPS) is 11.0. The Morgan fingerprint density at radius 2 is 1.86 bits per heavy atom. The largest absolute Gasteiger partial charge is 0.356 e. The molecule has 0 atom stereocenters. The molecule has 0 fully saturated rings. The lowest BCUT2D eigenvalue weighted by Crippen LogP contribution is -2.27. The molecule has 6 heteroatoms. The summed E-state index contributed by atoms with van der Waals surface area (Å²) in [6.07, 6.45) is 1.38. The van der Waals surface area contributed by atoms with Gasteiger partial charge in [-0.2, -0.15) is 0 Å². The van der Waals surface area contributed by atoms with Crippen LogP contribution in [0.5, 0.6) is 0 Å². The maximum Gasteiger partial charge on any atom is 0.227 e. The van der Waals surface area contributed by atoms with E-state index in [1.165, 1.54) is 6.92 Å². The molecule has 0 aromatic carbocycles. The summed E-state index contributed by atoms with van der Waals surface area (Å²) in [4.78, 5) is 21.4. The minimum Gasteiger partial charge on any atom is -0.356 e. The number of nitrogens with one attached hydrogen (secondary N) is 1. The lowest BCUT2D eigenvalue weighted by Gasteiger charge is -2.02. The van der Waals surface area contributed by atoms with Crippen LogP contribution in [0.2, 0.25) is 0 Å². The lowest BCUT2D eigenvalue weighted by atomic mass is 10.3. The molecular formula is C8H15NO4S. The summed E-state index contributed by atoms with van der Waals surface area (Å²) in [5, 5.41) is 2.46. The third-order valence-corrected chi connectivity index (χ3v) is 2.45. The number of amides is 1. The van der Waals surface area contributed by atoms with Crippen molar-refractivity contribution in [2.75, 3.05) is 18.6 Å². The fraction of sp³-hybridized carbons (Fsp3) is 0.750. The van der Waals surface area contributed by atoms with Crippen molar-refractivity contribution in [3.05, 3.63) is 0 Å². The molecule has 1 amide bonds. The van der Waals surface area contributed by atoms with Gasteiger partial charge in [0.05, 0.1) is 12.2 Å². The molecule has 0 rings (SSSR count). The Morgan fingerprint density at radius 1 is 1.29 bits per heavy atom. The van der Waals surface area contributed by atoms with Crippen molar-refractivity contribution < 1.29 is 18.0 Å². The molecule has 0 radical (unpaired) electrons. The molecule has 0 saturated carbocycles. The number of ketones is 1. The maximum atomic E-state index is 10.9. The van der Waals surface area contributed by atoms with Crippen molar-refractivity contribution in [3.8, 4) is 0 Å². The van der Waals surface area contributed by atoms with Crippen LogP contribution in [-0.2, 0) is 19.4 Å². The average Bonchev–Trinajstić information content (AvgIpc) is 1.95. The second kappa shape index (κ2) is 5.74. The van der Waals surface area contributed by atoms with Crippen LogP contribution in [0.25, 0.3) is 0 Å². The van der Waals surface area contributed by atoms with Gasteiger partial charge in [-0.05, 0) is 13.3 Å². The van der Waals surface area contributed by atoms with Crippen molar-refractivity contribution >= 4 is 21.5 Å². The molecule has 0 bridgehead atoms. The van der Waals surface area contributed by atoms with Gasteiger partial charge in [0.15, 0.2) is 0 Å². The van der Waals surface area contributed by atoms with E-state index in [-0.39, 0.29) is 23.9 Å². The van der Waals surface area contributed by atoms with Crippen LogP contribution in [0.15, 0.2) is 0 Å². The third-order valence-electron chi connectivity index (χ3n) is 1.42. The zero-order valence-electron chi connectivity index (χ0n) is 8.37. The molecule has 0 aliphatic rings. The van der Waals surface area contributed by atoms with Crippen LogP contribution < -0.4 is 5.32 Å². The predicted octanol–water partition coefficient (Wildman–Crippen LogP) is -0.484. The zero-order valence-corrected chi connectivity index (χ0v) is 9.19. The van der Waals surface area contributed by atoms with Crippen LogP contribution >= 0.6 is 0 Å². The summed E-state index contributed by atoms with van der Waals surface area (Å²) >= 11 is 0. The van der Waals surface area contributed by atoms with E-state index in [1.54, 1.807) is 0 Å². The van der Waals surface area contributed by atoms with E-state index < -0.39 is 9.84 Å². The molecule has 0 saturated heterocycles. The van der Waals surface area contributed by atoms with Gasteiger partial charge in [-0.25, -0.2) is 8.42 Å². The van der Waals surface area contributed by atoms with Crippen LogP contribution in [0.4, 0.5) is 0 Å². The smallest absolute Gasteiger partial charge is 0.227 e. The highest BCUT2D eigenvalue weighted by Gasteiger charge is 2.05. The van der Waals surface area contributed by atoms with Gasteiger partial charge in [-0.3, -0.25) is 9.59 Å². The van der Waals surface area contributed by atoms with E-state index in [0.29, 0.717) is 13.0 Å². The Balaban J connectivity index is 3.56. The average molecular weight is 221 g/mol. The first kappa shape index (κ1) is 13.1. The number of carbonyl (C=O) groups is 2. The first-order valence-corrected chi connectivity index (χ1v) is 6.31. The maximum absolute atomic E-state index is 10.9. The Labute approximate surface area is 83.8 Å². The fourth-order valence-corrected chi connectivity index (χ4v) is 1.52. The summed E-state index contributed by atoms with van der Waals surface area (Å²) in [5.41, 5.74) is 0. The molecule has 0 heterocycles. The third kappa shape index (κ3) is 9.18.